The van der Waals surface area contributed by atoms with Crippen LogP contribution in [0.4, 0.5) is 32.3 Å². The van der Waals surface area contributed by atoms with Crippen molar-refractivity contribution in [2.75, 3.05) is 44.3 Å². The molecule has 3 aromatic rings. The summed E-state index contributed by atoms with van der Waals surface area (Å²) in [6.07, 6.45) is -5.85. The minimum absolute atomic E-state index is 0.00439. The van der Waals surface area contributed by atoms with Gasteiger partial charge < -0.3 is 19.1 Å². The molecule has 1 fully saturated rings. The number of nitrogens with one attached hydrogen (secondary N) is 1. The van der Waals surface area contributed by atoms with E-state index in [-0.39, 0.29) is 37.1 Å². The zero-order valence-electron chi connectivity index (χ0n) is 20.0. The number of carbonyl (C=O) groups is 1. The molecule has 1 unspecified atom stereocenters. The first kappa shape index (κ1) is 27.3. The van der Waals surface area contributed by atoms with Crippen molar-refractivity contribution in [3.05, 3.63) is 46.3 Å². The molecule has 10 nitrogen and oxygen atoms in total. The highest BCUT2D eigenvalue weighted by molar-refractivity contribution is 5.82. The Balaban J connectivity index is 1.26. The van der Waals surface area contributed by atoms with Crippen LogP contribution in [0, 0.1) is 5.92 Å². The fourth-order valence-electron chi connectivity index (χ4n) is 4.12. The quantitative estimate of drug-likeness (QED) is 0.358. The average Bonchev–Trinajstić information content (AvgIpc) is 3.26. The van der Waals surface area contributed by atoms with Crippen molar-refractivity contribution in [2.24, 2.45) is 5.92 Å². The van der Waals surface area contributed by atoms with Gasteiger partial charge in [0.05, 0.1) is 47.4 Å². The number of carbonyl (C=O) groups excluding carboxylic acids is 1. The van der Waals surface area contributed by atoms with Gasteiger partial charge in [0.2, 0.25) is 11.9 Å². The smallest absolute Gasteiger partial charge is 0.379 e. The first-order chi connectivity index (χ1) is 17.9. The van der Waals surface area contributed by atoms with Crippen LogP contribution in [0.15, 0.2) is 29.6 Å². The number of amides is 1. The number of ether oxygens (including phenoxy) is 1. The number of aromatic amines is 1. The van der Waals surface area contributed by atoms with E-state index in [2.05, 4.69) is 15.1 Å². The molecule has 0 radical (unpaired) electrons. The number of hydrogen-bond acceptors (Lipinski definition) is 7. The van der Waals surface area contributed by atoms with Gasteiger partial charge in [0.1, 0.15) is 0 Å². The first-order valence-corrected chi connectivity index (χ1v) is 11.5. The summed E-state index contributed by atoms with van der Waals surface area (Å²) in [4.78, 5) is 35.5. The molecule has 1 amide bonds. The van der Waals surface area contributed by atoms with Crippen LogP contribution in [0.5, 0.6) is 0 Å². The number of H-pyrrole nitrogens is 1. The third kappa shape index (κ3) is 5.89. The second-order valence-electron chi connectivity index (χ2n) is 8.75. The number of aromatic nitrogens is 5. The molecule has 1 aliphatic rings. The minimum atomic E-state index is -4.72. The van der Waals surface area contributed by atoms with Crippen molar-refractivity contribution in [3.63, 3.8) is 0 Å². The van der Waals surface area contributed by atoms with Gasteiger partial charge in [-0.15, -0.1) is 0 Å². The number of rotatable bonds is 7. The number of hydrogen-bond donors (Lipinski definition) is 1. The Morgan fingerprint density at radius 2 is 1.71 bits per heavy atom. The number of alkyl halides is 6. The Morgan fingerprint density at radius 1 is 1.05 bits per heavy atom. The molecule has 1 aliphatic heterocycles. The molecular formula is C22H23F6N7O3. The molecular weight excluding hydrogens is 524 g/mol. The van der Waals surface area contributed by atoms with E-state index in [9.17, 15) is 35.9 Å². The van der Waals surface area contributed by atoms with Gasteiger partial charge in [-0.1, -0.05) is 6.92 Å². The molecule has 38 heavy (non-hydrogen) atoms. The Kier molecular flexibility index (Phi) is 7.62. The largest absolute Gasteiger partial charge is 0.419 e. The fourth-order valence-corrected chi connectivity index (χ4v) is 4.12. The van der Waals surface area contributed by atoms with Crippen molar-refractivity contribution in [3.8, 4) is 0 Å². The van der Waals surface area contributed by atoms with E-state index in [1.165, 1.54) is 4.57 Å². The zero-order chi connectivity index (χ0) is 27.7. The van der Waals surface area contributed by atoms with Gasteiger partial charge in [0.15, 0.2) is 0 Å². The molecule has 16 heteroatoms. The highest BCUT2D eigenvalue weighted by Crippen LogP contribution is 2.34. The summed E-state index contributed by atoms with van der Waals surface area (Å²) >= 11 is 0. The number of anilines is 1. The molecule has 0 spiro atoms. The standard InChI is InChI=1S/C22H23F6N7O3/c1-13(12-38-7-6-35-11-15(22(26,27)28)17-16(35)10-31-32-18(17)36)19(37)33-2-4-34(5-3-33)20-29-8-14(9-30-20)21(23,24)25/h8-11,13H,2-7,12H2,1H3,(H,32,36). The molecule has 1 N–H and O–H groups in total. The highest BCUT2D eigenvalue weighted by atomic mass is 19.4. The van der Waals surface area contributed by atoms with Crippen LogP contribution in [0.3, 0.4) is 0 Å². The van der Waals surface area contributed by atoms with Gasteiger partial charge in [0, 0.05) is 51.3 Å². The van der Waals surface area contributed by atoms with Crippen LogP contribution >= 0.6 is 0 Å². The Hall–Kier alpha value is -3.69. The van der Waals surface area contributed by atoms with Crippen molar-refractivity contribution in [2.45, 2.75) is 25.8 Å². The van der Waals surface area contributed by atoms with E-state index in [0.29, 0.717) is 38.6 Å². The molecule has 1 atom stereocenters. The predicted molar refractivity (Wildman–Crippen MR) is 121 cm³/mol. The maximum atomic E-state index is 13.3. The molecule has 4 heterocycles. The van der Waals surface area contributed by atoms with E-state index in [0.717, 1.165) is 12.4 Å². The normalized spacial score (nSPS) is 15.8. The SMILES string of the molecule is CC(COCCn1cc(C(F)(F)F)c2c(=O)[nH]ncc21)C(=O)N1CCN(c2ncc(C(F)(F)F)cn2)CC1. The van der Waals surface area contributed by atoms with E-state index >= 15 is 0 Å². The van der Waals surface area contributed by atoms with E-state index in [4.69, 9.17) is 4.74 Å². The molecule has 1 saturated heterocycles. The van der Waals surface area contributed by atoms with Crippen molar-refractivity contribution >= 4 is 22.8 Å². The molecule has 0 bridgehead atoms. The monoisotopic (exact) mass is 547 g/mol. The van der Waals surface area contributed by atoms with Crippen LogP contribution in [-0.2, 0) is 28.4 Å². The first-order valence-electron chi connectivity index (χ1n) is 11.5. The molecule has 0 aromatic carbocycles. The van der Waals surface area contributed by atoms with Crippen LogP contribution in [0.2, 0.25) is 0 Å². The number of nitrogens with zero attached hydrogens (tertiary/aromatic N) is 6. The van der Waals surface area contributed by atoms with Gasteiger partial charge in [-0.2, -0.15) is 31.4 Å². The summed E-state index contributed by atoms with van der Waals surface area (Å²) in [6.45, 7) is 2.96. The maximum absolute atomic E-state index is 13.3. The molecule has 3 aromatic heterocycles. The van der Waals surface area contributed by atoms with Crippen molar-refractivity contribution in [1.82, 2.24) is 29.6 Å². The van der Waals surface area contributed by atoms with Crippen molar-refractivity contribution in [1.29, 1.82) is 0 Å². The molecule has 0 saturated carbocycles. The zero-order valence-corrected chi connectivity index (χ0v) is 20.0. The number of halogens is 6. The van der Waals surface area contributed by atoms with Crippen LogP contribution in [0.25, 0.3) is 10.9 Å². The number of piperazine rings is 1. The van der Waals surface area contributed by atoms with Gasteiger partial charge in [-0.25, -0.2) is 15.1 Å². The summed E-state index contributed by atoms with van der Waals surface area (Å²) < 4.78 is 84.9. The second kappa shape index (κ2) is 10.6. The Bertz CT molecular complexity index is 1330. The maximum Gasteiger partial charge on any atom is 0.419 e. The van der Waals surface area contributed by atoms with E-state index in [1.54, 1.807) is 16.7 Å². The lowest BCUT2D eigenvalue weighted by Gasteiger charge is -2.36. The summed E-state index contributed by atoms with van der Waals surface area (Å²) in [7, 11) is 0. The highest BCUT2D eigenvalue weighted by Gasteiger charge is 2.36. The Labute approximate surface area is 211 Å². The predicted octanol–water partition coefficient (Wildman–Crippen LogP) is 2.55. The Morgan fingerprint density at radius 3 is 2.32 bits per heavy atom. The third-order valence-corrected chi connectivity index (χ3v) is 6.11. The van der Waals surface area contributed by atoms with Crippen LogP contribution in [-0.4, -0.2) is 74.9 Å². The van der Waals surface area contributed by atoms with Gasteiger partial charge >= 0.3 is 12.4 Å². The molecule has 206 valence electrons. The van der Waals surface area contributed by atoms with Gasteiger partial charge in [-0.3, -0.25) is 9.59 Å². The second-order valence-corrected chi connectivity index (χ2v) is 8.75. The third-order valence-electron chi connectivity index (χ3n) is 6.11. The topological polar surface area (TPSA) is 109 Å². The van der Waals surface area contributed by atoms with Gasteiger partial charge in [-0.05, 0) is 0 Å². The van der Waals surface area contributed by atoms with Crippen LogP contribution < -0.4 is 10.5 Å². The minimum Gasteiger partial charge on any atom is -0.379 e. The van der Waals surface area contributed by atoms with Gasteiger partial charge in [0.25, 0.3) is 5.56 Å². The lowest BCUT2D eigenvalue weighted by Crippen LogP contribution is -2.51. The summed E-state index contributed by atoms with van der Waals surface area (Å²) in [5, 5.41) is 5.06. The summed E-state index contributed by atoms with van der Waals surface area (Å²) in [5.74, 6) is -0.593. The average molecular weight is 547 g/mol. The number of fused-ring (bicyclic) bond motifs is 1. The molecule has 4 rings (SSSR count). The lowest BCUT2D eigenvalue weighted by molar-refractivity contribution is -0.138. The summed E-state index contributed by atoms with van der Waals surface area (Å²) in [5.41, 5.74) is -2.94. The summed E-state index contributed by atoms with van der Waals surface area (Å²) in [6, 6.07) is 0. The fraction of sp³-hybridized carbons (Fsp3) is 0.500. The van der Waals surface area contributed by atoms with E-state index in [1.807, 2.05) is 5.10 Å². The van der Waals surface area contributed by atoms with E-state index < -0.39 is 40.3 Å². The van der Waals surface area contributed by atoms with Crippen molar-refractivity contribution < 1.29 is 35.9 Å². The molecule has 0 aliphatic carbocycles. The van der Waals surface area contributed by atoms with Crippen LogP contribution in [0.1, 0.15) is 18.1 Å². The lowest BCUT2D eigenvalue weighted by atomic mass is 10.1.